The van der Waals surface area contributed by atoms with E-state index in [9.17, 15) is 9.59 Å². The molecule has 1 saturated heterocycles. The second-order valence-electron chi connectivity index (χ2n) is 8.69. The first-order valence-corrected chi connectivity index (χ1v) is 12.1. The summed E-state index contributed by atoms with van der Waals surface area (Å²) in [7, 11) is 0. The highest BCUT2D eigenvalue weighted by molar-refractivity contribution is 9.11. The van der Waals surface area contributed by atoms with Crippen LogP contribution in [0.5, 0.6) is 5.75 Å². The summed E-state index contributed by atoms with van der Waals surface area (Å²) in [5.74, 6) is 0.738. The highest BCUT2D eigenvalue weighted by atomic mass is 79.9. The molecule has 1 aliphatic heterocycles. The van der Waals surface area contributed by atoms with Crippen LogP contribution in [0.2, 0.25) is 0 Å². The van der Waals surface area contributed by atoms with Crippen LogP contribution in [0.1, 0.15) is 31.9 Å². The fourth-order valence-electron chi connectivity index (χ4n) is 3.33. The Hall–Kier alpha value is -2.06. The second-order valence-corrected chi connectivity index (χ2v) is 10.4. The Morgan fingerprint density at radius 3 is 2.03 bits per heavy atom. The standard InChI is InChI=1S/C24H28Br2N2O4/c1-24(2,3)32-23(30)28-11-9-27(10-12-28)21(29)15-18-13-19(25)22(20(26)14-18)31-16-17-7-5-4-6-8-17/h4-8,13-14H,9-12,15-16H2,1-3H3. The van der Waals surface area contributed by atoms with Crippen LogP contribution in [0, 0.1) is 0 Å². The van der Waals surface area contributed by atoms with Crippen LogP contribution in [0.25, 0.3) is 0 Å². The number of rotatable bonds is 5. The van der Waals surface area contributed by atoms with E-state index in [0.29, 0.717) is 38.5 Å². The lowest BCUT2D eigenvalue weighted by Crippen LogP contribution is -2.52. The van der Waals surface area contributed by atoms with Crippen molar-refractivity contribution in [2.24, 2.45) is 0 Å². The third kappa shape index (κ3) is 6.97. The van der Waals surface area contributed by atoms with Gasteiger partial charge in [0.2, 0.25) is 5.91 Å². The van der Waals surface area contributed by atoms with Crippen LogP contribution < -0.4 is 4.74 Å². The van der Waals surface area contributed by atoms with E-state index >= 15 is 0 Å². The number of halogens is 2. The lowest BCUT2D eigenvalue weighted by Gasteiger charge is -2.35. The van der Waals surface area contributed by atoms with Crippen LogP contribution in [0.15, 0.2) is 51.4 Å². The first-order chi connectivity index (χ1) is 15.1. The van der Waals surface area contributed by atoms with Crippen LogP contribution in [0.4, 0.5) is 4.79 Å². The fraction of sp³-hybridized carbons (Fsp3) is 0.417. The second kappa shape index (κ2) is 10.7. The van der Waals surface area contributed by atoms with Gasteiger partial charge in [0.25, 0.3) is 0 Å². The molecule has 0 N–H and O–H groups in total. The molecule has 1 aliphatic rings. The molecular weight excluding hydrogens is 540 g/mol. The number of ether oxygens (including phenoxy) is 2. The number of nitrogens with zero attached hydrogens (tertiary/aromatic N) is 2. The SMILES string of the molecule is CC(C)(C)OC(=O)N1CCN(C(=O)Cc2cc(Br)c(OCc3ccccc3)c(Br)c2)CC1. The van der Waals surface area contributed by atoms with Gasteiger partial charge in [0.05, 0.1) is 15.4 Å². The van der Waals surface area contributed by atoms with Crippen LogP contribution in [-0.4, -0.2) is 53.6 Å². The minimum atomic E-state index is -0.526. The summed E-state index contributed by atoms with van der Waals surface area (Å²) in [6.07, 6.45) is -0.0497. The Kier molecular flexibility index (Phi) is 8.22. The molecule has 2 aromatic rings. The molecule has 8 heteroatoms. The van der Waals surface area contributed by atoms with E-state index in [4.69, 9.17) is 9.47 Å². The lowest BCUT2D eigenvalue weighted by atomic mass is 10.1. The van der Waals surface area contributed by atoms with Crippen molar-refractivity contribution in [1.82, 2.24) is 9.80 Å². The maximum Gasteiger partial charge on any atom is 0.410 e. The molecule has 0 atom stereocenters. The molecule has 172 valence electrons. The average molecular weight is 568 g/mol. The smallest absolute Gasteiger partial charge is 0.410 e. The first kappa shape index (κ1) is 24.6. The van der Waals surface area contributed by atoms with Crippen molar-refractivity contribution in [2.75, 3.05) is 26.2 Å². The highest BCUT2D eigenvalue weighted by Gasteiger charge is 2.27. The molecule has 0 aromatic heterocycles. The molecule has 0 radical (unpaired) electrons. The molecule has 0 spiro atoms. The Labute approximate surface area is 206 Å². The van der Waals surface area contributed by atoms with Gasteiger partial charge in [-0.1, -0.05) is 30.3 Å². The predicted octanol–water partition coefficient (Wildman–Crippen LogP) is 5.41. The number of benzene rings is 2. The molecular formula is C24H28Br2N2O4. The summed E-state index contributed by atoms with van der Waals surface area (Å²) in [4.78, 5) is 28.5. The monoisotopic (exact) mass is 566 g/mol. The molecule has 0 bridgehead atoms. The van der Waals surface area contributed by atoms with Gasteiger partial charge >= 0.3 is 6.09 Å². The lowest BCUT2D eigenvalue weighted by molar-refractivity contribution is -0.132. The minimum Gasteiger partial charge on any atom is -0.487 e. The van der Waals surface area contributed by atoms with Gasteiger partial charge in [-0.15, -0.1) is 0 Å². The summed E-state index contributed by atoms with van der Waals surface area (Å²) in [5, 5.41) is 0. The van der Waals surface area contributed by atoms with Crippen molar-refractivity contribution in [1.29, 1.82) is 0 Å². The van der Waals surface area contributed by atoms with Crippen LogP contribution in [-0.2, 0) is 22.6 Å². The van der Waals surface area contributed by atoms with Gasteiger partial charge in [-0.05, 0) is 75.9 Å². The molecule has 32 heavy (non-hydrogen) atoms. The van der Waals surface area contributed by atoms with Gasteiger partial charge < -0.3 is 19.3 Å². The quantitative estimate of drug-likeness (QED) is 0.484. The number of amides is 2. The van der Waals surface area contributed by atoms with Crippen molar-refractivity contribution in [3.8, 4) is 5.75 Å². The summed E-state index contributed by atoms with van der Waals surface area (Å²) in [5.41, 5.74) is 1.44. The summed E-state index contributed by atoms with van der Waals surface area (Å²) >= 11 is 7.13. The van der Waals surface area contributed by atoms with E-state index in [1.165, 1.54) is 0 Å². The molecule has 0 unspecified atom stereocenters. The van der Waals surface area contributed by atoms with Gasteiger partial charge in [-0.3, -0.25) is 4.79 Å². The number of carbonyl (C=O) groups excluding carboxylic acids is 2. The molecule has 3 rings (SSSR count). The number of hydrogen-bond donors (Lipinski definition) is 0. The van der Waals surface area contributed by atoms with Gasteiger partial charge in [0.15, 0.2) is 0 Å². The van der Waals surface area contributed by atoms with E-state index in [2.05, 4.69) is 31.9 Å². The number of hydrogen-bond acceptors (Lipinski definition) is 4. The Bertz CT molecular complexity index is 929. The third-order valence-electron chi connectivity index (χ3n) is 4.92. The molecule has 0 saturated carbocycles. The van der Waals surface area contributed by atoms with Gasteiger partial charge in [-0.25, -0.2) is 4.79 Å². The number of piperazine rings is 1. The third-order valence-corrected chi connectivity index (χ3v) is 6.10. The molecule has 1 heterocycles. The summed E-state index contributed by atoms with van der Waals surface area (Å²) in [6.45, 7) is 7.94. The van der Waals surface area contributed by atoms with Crippen LogP contribution >= 0.6 is 31.9 Å². The van der Waals surface area contributed by atoms with Crippen molar-refractivity contribution in [2.45, 2.75) is 39.4 Å². The van der Waals surface area contributed by atoms with Crippen molar-refractivity contribution < 1.29 is 19.1 Å². The molecule has 1 fully saturated rings. The topological polar surface area (TPSA) is 59.1 Å². The van der Waals surface area contributed by atoms with E-state index in [1.54, 1.807) is 9.80 Å². The molecule has 2 aromatic carbocycles. The van der Waals surface area contributed by atoms with E-state index < -0.39 is 5.60 Å². The van der Waals surface area contributed by atoms with Crippen molar-refractivity contribution in [3.63, 3.8) is 0 Å². The van der Waals surface area contributed by atoms with Crippen LogP contribution in [0.3, 0.4) is 0 Å². The average Bonchev–Trinajstić information content (AvgIpc) is 2.73. The Morgan fingerprint density at radius 2 is 1.47 bits per heavy atom. The minimum absolute atomic E-state index is 0.0330. The molecule has 2 amide bonds. The maximum atomic E-state index is 12.8. The normalized spacial score (nSPS) is 14.3. The zero-order valence-electron chi connectivity index (χ0n) is 18.6. The fourth-order valence-corrected chi connectivity index (χ4v) is 4.84. The van der Waals surface area contributed by atoms with E-state index in [0.717, 1.165) is 20.1 Å². The Balaban J connectivity index is 1.55. The predicted molar refractivity (Wildman–Crippen MR) is 131 cm³/mol. The zero-order chi connectivity index (χ0) is 23.3. The van der Waals surface area contributed by atoms with Crippen molar-refractivity contribution >= 4 is 43.9 Å². The highest BCUT2D eigenvalue weighted by Crippen LogP contribution is 2.35. The Morgan fingerprint density at radius 1 is 0.906 bits per heavy atom. The van der Waals surface area contributed by atoms with Crippen molar-refractivity contribution in [3.05, 3.63) is 62.5 Å². The largest absolute Gasteiger partial charge is 0.487 e. The van der Waals surface area contributed by atoms with E-state index in [1.807, 2.05) is 63.2 Å². The zero-order valence-corrected chi connectivity index (χ0v) is 21.7. The summed E-state index contributed by atoms with van der Waals surface area (Å²) in [6, 6.07) is 13.8. The van der Waals surface area contributed by atoms with E-state index in [-0.39, 0.29) is 18.4 Å². The first-order valence-electron chi connectivity index (χ1n) is 10.5. The molecule has 0 aliphatic carbocycles. The maximum absolute atomic E-state index is 12.8. The van der Waals surface area contributed by atoms with Gasteiger partial charge in [-0.2, -0.15) is 0 Å². The summed E-state index contributed by atoms with van der Waals surface area (Å²) < 4.78 is 13.0. The van der Waals surface area contributed by atoms with Gasteiger partial charge in [0.1, 0.15) is 18.0 Å². The number of carbonyl (C=O) groups is 2. The molecule has 6 nitrogen and oxygen atoms in total. The van der Waals surface area contributed by atoms with Gasteiger partial charge in [0, 0.05) is 26.2 Å².